The number of hydrogen-bond acceptors (Lipinski definition) is 9. The number of allylic oxidation sites excluding steroid dienone is 5. The molecular formula is C90H162O9. The molecule has 9 rings (SSSR count). The van der Waals surface area contributed by atoms with Crippen LogP contribution in [0.3, 0.4) is 0 Å². The van der Waals surface area contributed by atoms with E-state index in [9.17, 15) is 46.0 Å². The molecule has 9 saturated carbocycles. The molecule has 0 heterocycles. The van der Waals surface area contributed by atoms with Crippen molar-refractivity contribution in [2.75, 3.05) is 0 Å². The lowest BCUT2D eigenvalue weighted by atomic mass is 9.66. The molecule has 9 N–H and O–H groups in total. The number of aliphatic hydroxyl groups is 9. The van der Waals surface area contributed by atoms with Crippen molar-refractivity contribution in [3.05, 3.63) is 114 Å². The van der Waals surface area contributed by atoms with Gasteiger partial charge < -0.3 is 46.0 Å². The first-order valence-electron chi connectivity index (χ1n) is 39.4. The normalized spacial score (nSPS) is 40.5. The van der Waals surface area contributed by atoms with Crippen LogP contribution in [0.4, 0.5) is 0 Å². The summed E-state index contributed by atoms with van der Waals surface area (Å²) in [5.41, 5.74) is 0.994. The van der Waals surface area contributed by atoms with Crippen LogP contribution in [0.5, 0.6) is 0 Å². The molecule has 0 bridgehead atoms. The Kier molecular flexibility index (Phi) is 40.4. The molecule has 0 spiro atoms. The summed E-state index contributed by atoms with van der Waals surface area (Å²) in [4.78, 5) is 0. The van der Waals surface area contributed by atoms with Crippen molar-refractivity contribution in [3.8, 4) is 0 Å². The first-order valence-corrected chi connectivity index (χ1v) is 39.4. The van der Waals surface area contributed by atoms with Gasteiger partial charge in [0.2, 0.25) is 0 Å². The zero-order valence-corrected chi connectivity index (χ0v) is 67.6. The Balaban J connectivity index is 0.000000557. The van der Waals surface area contributed by atoms with E-state index in [4.69, 9.17) is 0 Å². The molecule has 9 nitrogen and oxygen atoms in total. The second-order valence-corrected chi connectivity index (χ2v) is 37.7. The topological polar surface area (TPSA) is 182 Å². The van der Waals surface area contributed by atoms with Gasteiger partial charge in [-0.05, 0) is 241 Å². The highest BCUT2D eigenvalue weighted by Crippen LogP contribution is 2.47. The van der Waals surface area contributed by atoms with Gasteiger partial charge in [0.25, 0.3) is 0 Å². The first kappa shape index (κ1) is 94.3. The molecular weight excluding hydrogens is 1220 g/mol. The Labute approximate surface area is 611 Å². The van der Waals surface area contributed by atoms with Crippen LogP contribution in [0.25, 0.3) is 0 Å². The maximum Gasteiger partial charge on any atom is 0.0653 e. The third-order valence-electron chi connectivity index (χ3n) is 26.4. The average molecular weight is 1390 g/mol. The highest BCUT2D eigenvalue weighted by atomic mass is 16.3. The second kappa shape index (κ2) is 42.4. The Morgan fingerprint density at radius 1 is 0.303 bits per heavy atom. The van der Waals surface area contributed by atoms with Crippen molar-refractivity contribution in [2.45, 2.75) is 353 Å². The van der Waals surface area contributed by atoms with Crippen molar-refractivity contribution in [1.29, 1.82) is 0 Å². The second-order valence-electron chi connectivity index (χ2n) is 37.7. The lowest BCUT2D eigenvalue weighted by Gasteiger charge is -2.41. The Bertz CT molecular complexity index is 2360. The molecule has 9 heteroatoms. The fraction of sp³-hybridized carbons (Fsp3) is 0.800. The van der Waals surface area contributed by atoms with E-state index in [-0.39, 0.29) is 92.8 Å². The van der Waals surface area contributed by atoms with Crippen molar-refractivity contribution >= 4 is 0 Å². The van der Waals surface area contributed by atoms with E-state index < -0.39 is 0 Å². The van der Waals surface area contributed by atoms with Gasteiger partial charge in [-0.2, -0.15) is 0 Å². The maximum absolute atomic E-state index is 9.83. The molecule has 22 atom stereocenters. The van der Waals surface area contributed by atoms with Crippen LogP contribution < -0.4 is 0 Å². The van der Waals surface area contributed by atoms with Crippen LogP contribution in [-0.2, 0) is 0 Å². The lowest BCUT2D eigenvalue weighted by Crippen LogP contribution is -2.39. The quantitative estimate of drug-likeness (QED) is 0.102. The van der Waals surface area contributed by atoms with Crippen LogP contribution >= 0.6 is 0 Å². The summed E-state index contributed by atoms with van der Waals surface area (Å²) in [6, 6.07) is 0. The van der Waals surface area contributed by atoms with Crippen LogP contribution in [0, 0.1) is 102 Å². The fourth-order valence-corrected chi connectivity index (χ4v) is 17.2. The van der Waals surface area contributed by atoms with Crippen molar-refractivity contribution in [3.63, 3.8) is 0 Å². The van der Waals surface area contributed by atoms with Crippen molar-refractivity contribution < 1.29 is 46.0 Å². The summed E-state index contributed by atoms with van der Waals surface area (Å²) in [6.45, 7) is 73.1. The Hall–Kier alpha value is -2.70. The van der Waals surface area contributed by atoms with Gasteiger partial charge in [-0.25, -0.2) is 0 Å². The van der Waals surface area contributed by atoms with Gasteiger partial charge in [-0.15, -0.1) is 59.2 Å². The lowest BCUT2D eigenvalue weighted by molar-refractivity contribution is -0.00817. The van der Waals surface area contributed by atoms with Gasteiger partial charge in [-0.3, -0.25) is 0 Å². The van der Waals surface area contributed by atoms with E-state index in [1.807, 2.05) is 54.7 Å². The average Bonchev–Trinajstić information content (AvgIpc) is 0.838. The minimum absolute atomic E-state index is 0.0213. The molecule has 0 radical (unpaired) electrons. The van der Waals surface area contributed by atoms with E-state index in [0.717, 1.165) is 147 Å². The summed E-state index contributed by atoms with van der Waals surface area (Å²) in [6.07, 6.45) is 44.9. The largest absolute Gasteiger partial charge is 0.393 e. The minimum Gasteiger partial charge on any atom is -0.393 e. The molecule has 9 fully saturated rings. The molecule has 9 aliphatic rings. The van der Waals surface area contributed by atoms with Crippen LogP contribution in [0.15, 0.2) is 114 Å². The van der Waals surface area contributed by atoms with Gasteiger partial charge in [-0.1, -0.05) is 192 Å². The Morgan fingerprint density at radius 3 is 1.31 bits per heavy atom. The molecule has 0 aromatic heterocycles. The van der Waals surface area contributed by atoms with Gasteiger partial charge in [0, 0.05) is 21.7 Å². The molecule has 9 aliphatic carbocycles. The molecule has 0 aromatic carbocycles. The highest BCUT2D eigenvalue weighted by Gasteiger charge is 2.42. The zero-order valence-electron chi connectivity index (χ0n) is 67.6. The first-order chi connectivity index (χ1) is 45.6. The van der Waals surface area contributed by atoms with E-state index in [2.05, 4.69) is 184 Å². The van der Waals surface area contributed by atoms with E-state index in [0.29, 0.717) is 58.2 Å². The number of hydrogen-bond donors (Lipinski definition) is 9. The van der Waals surface area contributed by atoms with Gasteiger partial charge in [0.15, 0.2) is 0 Å². The minimum atomic E-state index is -0.186. The molecule has 576 valence electrons. The summed E-state index contributed by atoms with van der Waals surface area (Å²) in [7, 11) is 0. The van der Waals surface area contributed by atoms with Gasteiger partial charge in [0.1, 0.15) is 0 Å². The van der Waals surface area contributed by atoms with Crippen molar-refractivity contribution in [1.82, 2.24) is 0 Å². The van der Waals surface area contributed by atoms with Gasteiger partial charge >= 0.3 is 0 Å². The molecule has 99 heavy (non-hydrogen) atoms. The summed E-state index contributed by atoms with van der Waals surface area (Å²) >= 11 is 0. The summed E-state index contributed by atoms with van der Waals surface area (Å²) in [5.74, 6) is 5.19. The standard InChI is InChI=1S/9C10H18O/c1-4-8-5-9(11)7-10(2,3)6-8;1-4-8-7-9(11)5-6-10(8,2)3;1-4-8-5-6-9(11)7-10(8,2)3;1-4-8-5-6-10(2,3)9(11)7-8;1-4-8-5-6-9(11)10(2,3)7-8;1-4-10(3)6-5-8(2)7-9(10)11;1-4-10(3)7-8(2)5-6-9(10)11;1-4-10(3)7-5-6-8(2)9(10)11;1-4-10(3)8(2)6-5-7-9(10)11/h9*4,8-9,11H,1,5-7H2,2-3H3. The van der Waals surface area contributed by atoms with Gasteiger partial charge in [0.05, 0.1) is 54.9 Å². The third-order valence-corrected chi connectivity index (χ3v) is 26.4. The predicted octanol–water partition coefficient (Wildman–Crippen LogP) is 21.2. The molecule has 0 aromatic rings. The van der Waals surface area contributed by atoms with Crippen LogP contribution in [-0.4, -0.2) is 101 Å². The third kappa shape index (κ3) is 30.7. The summed E-state index contributed by atoms with van der Waals surface area (Å²) < 4.78 is 0. The zero-order chi connectivity index (χ0) is 76.3. The Morgan fingerprint density at radius 2 is 0.869 bits per heavy atom. The molecule has 0 saturated heterocycles. The van der Waals surface area contributed by atoms with Crippen molar-refractivity contribution in [2.24, 2.45) is 102 Å². The smallest absolute Gasteiger partial charge is 0.0653 e. The SMILES string of the molecule is C=CC1(C)C(C)CCCC1O.C=CC1(C)CC(C)CCC1O.C=CC1(C)CCC(C)CC1O.C=CC1(C)CCCC(C)C1O.C=CC1CC(O)CC(C)(C)C1.C=CC1CC(O)CCC1(C)C.C=CC1CCC(C)(C)C(O)C1.C=CC1CCC(O)C(C)(C)C1.C=CC1CCC(O)CC1(C)C. The molecule has 22 unspecified atom stereocenters. The van der Waals surface area contributed by atoms with Crippen LogP contribution in [0.1, 0.15) is 298 Å². The fourth-order valence-electron chi connectivity index (χ4n) is 17.2. The summed E-state index contributed by atoms with van der Waals surface area (Å²) in [5, 5.41) is 86.6. The maximum atomic E-state index is 9.83. The predicted molar refractivity (Wildman–Crippen MR) is 426 cm³/mol. The van der Waals surface area contributed by atoms with E-state index in [1.54, 1.807) is 0 Å². The van der Waals surface area contributed by atoms with E-state index >= 15 is 0 Å². The number of rotatable bonds is 9. The number of aliphatic hydroxyl groups excluding tert-OH is 9. The monoisotopic (exact) mass is 1390 g/mol. The van der Waals surface area contributed by atoms with E-state index in [1.165, 1.54) is 32.1 Å². The highest BCUT2D eigenvalue weighted by molar-refractivity contribution is 5.05. The molecule has 0 amide bonds. The van der Waals surface area contributed by atoms with Crippen LogP contribution in [0.2, 0.25) is 0 Å². The molecule has 0 aliphatic heterocycles.